The van der Waals surface area contributed by atoms with E-state index < -0.39 is 0 Å². The Hall–Kier alpha value is -0.590. The van der Waals surface area contributed by atoms with Crippen LogP contribution in [0.2, 0.25) is 5.02 Å². The van der Waals surface area contributed by atoms with Crippen LogP contribution in [0.5, 0.6) is 0 Å². The van der Waals surface area contributed by atoms with E-state index in [1.54, 1.807) is 4.68 Å². The number of halogens is 2. The zero-order chi connectivity index (χ0) is 11.7. The van der Waals surface area contributed by atoms with Gasteiger partial charge in [-0.05, 0) is 46.4 Å². The van der Waals surface area contributed by atoms with Gasteiger partial charge in [0.25, 0.3) is 0 Å². The minimum absolute atomic E-state index is 0.226. The van der Waals surface area contributed by atoms with Crippen molar-refractivity contribution in [2.75, 3.05) is 0 Å². The summed E-state index contributed by atoms with van der Waals surface area (Å²) in [5.41, 5.74) is 7.93. The largest absolute Gasteiger partial charge is 0.319 e. The molecule has 0 radical (unpaired) electrons. The Morgan fingerprint density at radius 2 is 2.19 bits per heavy atom. The Morgan fingerprint density at radius 1 is 1.44 bits per heavy atom. The summed E-state index contributed by atoms with van der Waals surface area (Å²) in [5, 5.41) is 5.01. The molecule has 0 aliphatic carbocycles. The average Bonchev–Trinajstić information content (AvgIpc) is 2.68. The Kier molecular flexibility index (Phi) is 3.51. The fraction of sp³-hybridized carbons (Fsp3) is 0.182. The lowest BCUT2D eigenvalue weighted by Gasteiger charge is -2.10. The first-order chi connectivity index (χ1) is 7.58. The molecule has 0 aliphatic heterocycles. The zero-order valence-corrected chi connectivity index (χ0v) is 11.6. The molecule has 0 fully saturated rings. The van der Waals surface area contributed by atoms with E-state index in [2.05, 4.69) is 27.7 Å². The number of benzene rings is 1. The van der Waals surface area contributed by atoms with E-state index >= 15 is 0 Å². The van der Waals surface area contributed by atoms with Crippen molar-refractivity contribution in [3.8, 4) is 0 Å². The number of aromatic nitrogens is 2. The molecule has 0 amide bonds. The van der Waals surface area contributed by atoms with Crippen LogP contribution in [0.3, 0.4) is 0 Å². The second-order valence-corrected chi connectivity index (χ2v) is 5.13. The van der Waals surface area contributed by atoms with Gasteiger partial charge in [-0.3, -0.25) is 4.68 Å². The normalized spacial score (nSPS) is 12.8. The molecule has 2 aromatic rings. The summed E-state index contributed by atoms with van der Waals surface area (Å²) < 4.78 is 2.76. The summed E-state index contributed by atoms with van der Waals surface area (Å²) in [6.45, 7) is 0. The highest BCUT2D eigenvalue weighted by Crippen LogP contribution is 2.24. The molecule has 2 rings (SSSR count). The van der Waals surface area contributed by atoms with Crippen LogP contribution in [0.4, 0.5) is 0 Å². The maximum atomic E-state index is 6.11. The molecule has 0 aliphatic rings. The van der Waals surface area contributed by atoms with E-state index in [1.165, 1.54) is 0 Å². The molecule has 3 nitrogen and oxygen atoms in total. The Balaban J connectivity index is 2.33. The number of nitrogens with zero attached hydrogens (tertiary/aromatic N) is 2. The first-order valence-electron chi connectivity index (χ1n) is 4.78. The van der Waals surface area contributed by atoms with Gasteiger partial charge in [-0.25, -0.2) is 0 Å². The van der Waals surface area contributed by atoms with Crippen molar-refractivity contribution in [3.63, 3.8) is 0 Å². The van der Waals surface area contributed by atoms with Gasteiger partial charge >= 0.3 is 0 Å². The standard InChI is InChI=1S/C11H11ClIN3/c1-16-5-4-10(15-16)11(14)7-2-3-9(13)8(12)6-7/h2-6,11H,14H2,1H3. The van der Waals surface area contributed by atoms with Crippen LogP contribution in [-0.4, -0.2) is 9.78 Å². The summed E-state index contributed by atoms with van der Waals surface area (Å²) in [5.74, 6) is 0. The molecule has 0 spiro atoms. The molecule has 0 saturated heterocycles. The smallest absolute Gasteiger partial charge is 0.0837 e. The maximum absolute atomic E-state index is 6.11. The third-order valence-electron chi connectivity index (χ3n) is 2.36. The Labute approximate surface area is 113 Å². The van der Waals surface area contributed by atoms with E-state index in [0.717, 1.165) is 19.9 Å². The third-order valence-corrected chi connectivity index (χ3v) is 3.93. The van der Waals surface area contributed by atoms with Crippen molar-refractivity contribution in [1.29, 1.82) is 0 Å². The van der Waals surface area contributed by atoms with Crippen LogP contribution in [0.1, 0.15) is 17.3 Å². The number of nitrogens with two attached hydrogens (primary N) is 1. The van der Waals surface area contributed by atoms with Crippen molar-refractivity contribution in [2.45, 2.75) is 6.04 Å². The Bertz CT molecular complexity index is 510. The fourth-order valence-electron chi connectivity index (χ4n) is 1.48. The van der Waals surface area contributed by atoms with E-state index in [0.29, 0.717) is 0 Å². The van der Waals surface area contributed by atoms with Crippen LogP contribution < -0.4 is 5.73 Å². The molecule has 1 aromatic heterocycles. The molecule has 2 N–H and O–H groups in total. The summed E-state index contributed by atoms with van der Waals surface area (Å²) in [7, 11) is 1.87. The van der Waals surface area contributed by atoms with Gasteiger partial charge in [-0.2, -0.15) is 5.10 Å². The SMILES string of the molecule is Cn1ccc(C(N)c2ccc(I)c(Cl)c2)n1. The molecule has 1 unspecified atom stereocenters. The third kappa shape index (κ3) is 2.39. The fourth-order valence-corrected chi connectivity index (χ4v) is 2.00. The molecule has 5 heteroatoms. The lowest BCUT2D eigenvalue weighted by Crippen LogP contribution is -2.13. The van der Waals surface area contributed by atoms with Gasteiger partial charge < -0.3 is 5.73 Å². The summed E-state index contributed by atoms with van der Waals surface area (Å²) >= 11 is 8.25. The second-order valence-electron chi connectivity index (χ2n) is 3.57. The summed E-state index contributed by atoms with van der Waals surface area (Å²) in [6, 6.07) is 7.52. The van der Waals surface area contributed by atoms with Gasteiger partial charge in [0.15, 0.2) is 0 Å². The van der Waals surface area contributed by atoms with E-state index in [9.17, 15) is 0 Å². The average molecular weight is 348 g/mol. The number of rotatable bonds is 2. The molecule has 0 saturated carbocycles. The second kappa shape index (κ2) is 4.73. The van der Waals surface area contributed by atoms with Gasteiger partial charge in [0.05, 0.1) is 16.8 Å². The predicted octanol–water partition coefficient (Wildman–Crippen LogP) is 2.73. The molecule has 1 heterocycles. The molecule has 16 heavy (non-hydrogen) atoms. The summed E-state index contributed by atoms with van der Waals surface area (Å²) in [6.07, 6.45) is 1.88. The van der Waals surface area contributed by atoms with Gasteiger partial charge in [0, 0.05) is 16.8 Å². The highest BCUT2D eigenvalue weighted by atomic mass is 127. The molecule has 1 atom stereocenters. The van der Waals surface area contributed by atoms with Crippen molar-refractivity contribution in [2.24, 2.45) is 12.8 Å². The highest BCUT2D eigenvalue weighted by Gasteiger charge is 2.12. The minimum Gasteiger partial charge on any atom is -0.319 e. The first-order valence-corrected chi connectivity index (χ1v) is 6.23. The zero-order valence-electron chi connectivity index (χ0n) is 8.69. The van der Waals surface area contributed by atoms with E-state index in [-0.39, 0.29) is 6.04 Å². The van der Waals surface area contributed by atoms with Gasteiger partial charge in [0.1, 0.15) is 0 Å². The van der Waals surface area contributed by atoms with Crippen molar-refractivity contribution in [3.05, 3.63) is 50.3 Å². The lowest BCUT2D eigenvalue weighted by molar-refractivity contribution is 0.716. The number of hydrogen-bond donors (Lipinski definition) is 1. The monoisotopic (exact) mass is 347 g/mol. The van der Waals surface area contributed by atoms with E-state index in [1.807, 2.05) is 37.5 Å². The molecule has 84 valence electrons. The minimum atomic E-state index is -0.226. The van der Waals surface area contributed by atoms with Gasteiger partial charge in [0.2, 0.25) is 0 Å². The van der Waals surface area contributed by atoms with Crippen molar-refractivity contribution < 1.29 is 0 Å². The van der Waals surface area contributed by atoms with Crippen molar-refractivity contribution >= 4 is 34.2 Å². The topological polar surface area (TPSA) is 43.8 Å². The van der Waals surface area contributed by atoms with Crippen molar-refractivity contribution in [1.82, 2.24) is 9.78 Å². The number of aryl methyl sites for hydroxylation is 1. The van der Waals surface area contributed by atoms with E-state index in [4.69, 9.17) is 17.3 Å². The first kappa shape index (κ1) is 11.9. The quantitative estimate of drug-likeness (QED) is 0.849. The predicted molar refractivity (Wildman–Crippen MR) is 73.4 cm³/mol. The molecular formula is C11H11ClIN3. The van der Waals surface area contributed by atoms with Crippen LogP contribution >= 0.6 is 34.2 Å². The van der Waals surface area contributed by atoms with Crippen LogP contribution in [0, 0.1) is 3.57 Å². The highest BCUT2D eigenvalue weighted by molar-refractivity contribution is 14.1. The number of hydrogen-bond acceptors (Lipinski definition) is 2. The van der Waals surface area contributed by atoms with Crippen LogP contribution in [-0.2, 0) is 7.05 Å². The van der Waals surface area contributed by atoms with Gasteiger partial charge in [-0.1, -0.05) is 17.7 Å². The van der Waals surface area contributed by atoms with Crippen LogP contribution in [0.25, 0.3) is 0 Å². The molecule has 1 aromatic carbocycles. The molecule has 0 bridgehead atoms. The van der Waals surface area contributed by atoms with Gasteiger partial charge in [-0.15, -0.1) is 0 Å². The molecular weight excluding hydrogens is 336 g/mol. The van der Waals surface area contributed by atoms with Crippen LogP contribution in [0.15, 0.2) is 30.5 Å². The maximum Gasteiger partial charge on any atom is 0.0837 e. The lowest BCUT2D eigenvalue weighted by atomic mass is 10.1. The Morgan fingerprint density at radius 3 is 2.75 bits per heavy atom. The summed E-state index contributed by atoms with van der Waals surface area (Å²) in [4.78, 5) is 0.